The summed E-state index contributed by atoms with van der Waals surface area (Å²) >= 11 is 0. The van der Waals surface area contributed by atoms with Crippen LogP contribution in [0.4, 0.5) is 0 Å². The maximum absolute atomic E-state index is 2.46. The van der Waals surface area contributed by atoms with Gasteiger partial charge in [-0.25, -0.2) is 0 Å². The van der Waals surface area contributed by atoms with E-state index in [0.29, 0.717) is 0 Å². The highest BCUT2D eigenvalue weighted by atomic mass is 31.0. The Hall–Kier alpha value is -0.350. The molecule has 1 aromatic rings. The lowest BCUT2D eigenvalue weighted by atomic mass is 9.76. The minimum absolute atomic E-state index is 0. The van der Waals surface area contributed by atoms with Gasteiger partial charge in [0, 0.05) is 1.43 Å². The van der Waals surface area contributed by atoms with Crippen LogP contribution in [0.25, 0.3) is 0 Å². The van der Waals surface area contributed by atoms with Gasteiger partial charge in [-0.05, 0) is 80.2 Å². The van der Waals surface area contributed by atoms with Crippen LogP contribution in [0.5, 0.6) is 0 Å². The monoisotopic (exact) mass is 280 g/mol. The molecule has 0 nitrogen and oxygen atoms in total. The summed E-state index contributed by atoms with van der Waals surface area (Å²) in [5.74, 6) is 1.77. The van der Waals surface area contributed by atoms with Crippen LogP contribution >= 0.6 is 9.24 Å². The Labute approximate surface area is 124 Å². The summed E-state index contributed by atoms with van der Waals surface area (Å²) in [4.78, 5) is 0. The van der Waals surface area contributed by atoms with Crippen LogP contribution < -0.4 is 0 Å². The van der Waals surface area contributed by atoms with Crippen molar-refractivity contribution in [2.24, 2.45) is 5.92 Å². The normalized spacial score (nSPS) is 22.7. The molecule has 1 fully saturated rings. The molecule has 0 N–H and O–H groups in total. The highest BCUT2D eigenvalue weighted by Gasteiger charge is 2.22. The predicted molar refractivity (Wildman–Crippen MR) is 93.5 cm³/mol. The third-order valence-corrected chi connectivity index (χ3v) is 4.98. The predicted octanol–water partition coefficient (Wildman–Crippen LogP) is 5.95. The first-order chi connectivity index (χ1) is 9.00. The lowest BCUT2D eigenvalue weighted by Gasteiger charge is -2.29. The van der Waals surface area contributed by atoms with E-state index in [1.165, 1.54) is 42.4 Å². The minimum Gasteiger partial charge on any atom is -0.141 e. The number of rotatable bonds is 1. The maximum atomic E-state index is 2.46. The zero-order chi connectivity index (χ0) is 14.6. The summed E-state index contributed by atoms with van der Waals surface area (Å²) in [5, 5.41) is 0. The van der Waals surface area contributed by atoms with E-state index in [0.717, 1.165) is 11.8 Å². The van der Waals surface area contributed by atoms with Crippen LogP contribution in [0.1, 0.15) is 67.8 Å². The fraction of sp³-hybridized carbons (Fsp3) is 0.667. The molecule has 1 saturated carbocycles. The Morgan fingerprint density at radius 2 is 1.42 bits per heavy atom. The summed E-state index contributed by atoms with van der Waals surface area (Å²) < 4.78 is 0. The van der Waals surface area contributed by atoms with E-state index in [4.69, 9.17) is 0 Å². The molecule has 0 bridgehead atoms. The Balaban J connectivity index is 0.00000115. The minimum atomic E-state index is 0. The molecule has 19 heavy (non-hydrogen) atoms. The molecule has 0 saturated heterocycles. The fourth-order valence-electron chi connectivity index (χ4n) is 3.24. The van der Waals surface area contributed by atoms with Crippen LogP contribution in [0, 0.1) is 33.6 Å². The van der Waals surface area contributed by atoms with Gasteiger partial charge >= 0.3 is 0 Å². The molecule has 1 heteroatoms. The van der Waals surface area contributed by atoms with Crippen molar-refractivity contribution in [1.82, 2.24) is 0 Å². The van der Waals surface area contributed by atoms with Gasteiger partial charge in [0.2, 0.25) is 0 Å². The van der Waals surface area contributed by atoms with Crippen molar-refractivity contribution >= 4 is 9.24 Å². The van der Waals surface area contributed by atoms with Gasteiger partial charge in [0.05, 0.1) is 0 Å². The summed E-state index contributed by atoms with van der Waals surface area (Å²) in [5.41, 5.74) is 7.65. The largest absolute Gasteiger partial charge is 0.141 e. The van der Waals surface area contributed by atoms with Crippen molar-refractivity contribution in [1.29, 1.82) is 0 Å². The Morgan fingerprint density at radius 3 is 1.95 bits per heavy atom. The third kappa shape index (κ3) is 3.82. The Bertz CT molecular complexity index is 418. The molecule has 1 aliphatic carbocycles. The summed E-state index contributed by atoms with van der Waals surface area (Å²) in [6.45, 7) is 13.4. The summed E-state index contributed by atoms with van der Waals surface area (Å²) in [7, 11) is 2.42. The first-order valence-electron chi connectivity index (χ1n) is 7.65. The van der Waals surface area contributed by atoms with E-state index in [1.54, 1.807) is 11.1 Å². The molecular weight excluding hydrogens is 247 g/mol. The highest BCUT2D eigenvalue weighted by molar-refractivity contribution is 7.15. The van der Waals surface area contributed by atoms with E-state index < -0.39 is 0 Å². The van der Waals surface area contributed by atoms with Crippen molar-refractivity contribution in [2.45, 2.75) is 66.2 Å². The lowest BCUT2D eigenvalue weighted by molar-refractivity contribution is 0.347. The van der Waals surface area contributed by atoms with Crippen molar-refractivity contribution in [3.8, 4) is 0 Å². The molecule has 1 unspecified atom stereocenters. The zero-order valence-electron chi connectivity index (χ0n) is 13.6. The van der Waals surface area contributed by atoms with E-state index in [-0.39, 0.29) is 1.43 Å². The van der Waals surface area contributed by atoms with Crippen molar-refractivity contribution in [3.05, 3.63) is 33.9 Å². The van der Waals surface area contributed by atoms with E-state index in [9.17, 15) is 0 Å². The molecule has 110 valence electrons. The Morgan fingerprint density at radius 1 is 0.895 bits per heavy atom. The van der Waals surface area contributed by atoms with Gasteiger partial charge < -0.3 is 0 Å². The van der Waals surface area contributed by atoms with E-state index >= 15 is 0 Å². The van der Waals surface area contributed by atoms with Crippen molar-refractivity contribution in [3.63, 3.8) is 0 Å². The van der Waals surface area contributed by atoms with Crippen LogP contribution in [0.2, 0.25) is 0 Å². The first-order valence-corrected chi connectivity index (χ1v) is 8.81. The molecule has 0 aromatic heterocycles. The molecule has 1 aromatic carbocycles. The van der Waals surface area contributed by atoms with Crippen LogP contribution in [-0.2, 0) is 0 Å². The Kier molecular flexibility index (Phi) is 6.54. The smallest absolute Gasteiger partial charge is 0 e. The molecule has 0 spiro atoms. The number of hydrogen-bond acceptors (Lipinski definition) is 0. The first kappa shape index (κ1) is 16.7. The van der Waals surface area contributed by atoms with E-state index in [1.807, 2.05) is 6.66 Å². The molecule has 0 radical (unpaired) electrons. The third-order valence-electron chi connectivity index (χ3n) is 4.98. The molecule has 2 rings (SSSR count). The number of benzene rings is 1. The fourth-order valence-corrected chi connectivity index (χ4v) is 3.24. The van der Waals surface area contributed by atoms with Crippen molar-refractivity contribution in [2.75, 3.05) is 6.66 Å². The molecule has 0 heterocycles. The molecule has 1 aliphatic rings. The van der Waals surface area contributed by atoms with Gasteiger partial charge in [-0.1, -0.05) is 32.5 Å². The van der Waals surface area contributed by atoms with Gasteiger partial charge in [-0.15, -0.1) is 9.24 Å². The van der Waals surface area contributed by atoms with Crippen LogP contribution in [0.15, 0.2) is 6.07 Å². The SMILES string of the molecule is CP.Cc1cc(C2CCC(C)CC2)c(C)c(C)c1C.[HH]. The average molecular weight is 280 g/mol. The molecule has 0 amide bonds. The maximum Gasteiger partial charge on any atom is 0 e. The quantitative estimate of drug-likeness (QED) is 0.557. The lowest BCUT2D eigenvalue weighted by Crippen LogP contribution is -2.13. The second kappa shape index (κ2) is 7.44. The topological polar surface area (TPSA) is 0 Å². The highest BCUT2D eigenvalue weighted by Crippen LogP contribution is 2.38. The van der Waals surface area contributed by atoms with E-state index in [2.05, 4.69) is 49.9 Å². The second-order valence-electron chi connectivity index (χ2n) is 6.11. The standard InChI is InChI=1S/C17H26.CH5P.H2/c1-11-6-8-16(9-7-11)17-10-12(2)13(3)14(4)15(17)5;1-2;/h10-11,16H,6-9H2,1-5H3;2H2,1H3;1H. The molecule has 0 aliphatic heterocycles. The zero-order valence-corrected chi connectivity index (χ0v) is 14.8. The van der Waals surface area contributed by atoms with Gasteiger partial charge in [0.25, 0.3) is 0 Å². The average Bonchev–Trinajstić information content (AvgIpc) is 2.44. The van der Waals surface area contributed by atoms with Crippen LogP contribution in [-0.4, -0.2) is 6.66 Å². The second-order valence-corrected chi connectivity index (χ2v) is 6.11. The molecule has 1 atom stereocenters. The van der Waals surface area contributed by atoms with Gasteiger partial charge in [-0.3, -0.25) is 0 Å². The summed E-state index contributed by atoms with van der Waals surface area (Å²) in [6, 6.07) is 2.46. The van der Waals surface area contributed by atoms with Gasteiger partial charge in [0.15, 0.2) is 0 Å². The number of aryl methyl sites for hydroxylation is 1. The van der Waals surface area contributed by atoms with Gasteiger partial charge in [0.1, 0.15) is 0 Å². The van der Waals surface area contributed by atoms with Crippen molar-refractivity contribution < 1.29 is 1.43 Å². The van der Waals surface area contributed by atoms with Crippen LogP contribution in [0.3, 0.4) is 0 Å². The summed E-state index contributed by atoms with van der Waals surface area (Å²) in [6.07, 6.45) is 5.61. The number of hydrogen-bond donors (Lipinski definition) is 0. The molecular formula is C18H33P. The van der Waals surface area contributed by atoms with Gasteiger partial charge in [-0.2, -0.15) is 0 Å².